The van der Waals surface area contributed by atoms with E-state index in [1.807, 2.05) is 97.3 Å². The number of nitrogens with zero attached hydrogens (tertiary/aromatic N) is 5. The van der Waals surface area contributed by atoms with Crippen LogP contribution in [0.15, 0.2) is 152 Å². The summed E-state index contributed by atoms with van der Waals surface area (Å²) in [7, 11) is 0. The first-order valence-corrected chi connectivity index (χ1v) is 14.5. The smallest absolute Gasteiger partial charge is 0.164 e. The second kappa shape index (κ2) is 11.0. The van der Waals surface area contributed by atoms with Crippen LogP contribution in [0, 0.1) is 0 Å². The van der Waals surface area contributed by atoms with Gasteiger partial charge in [-0.05, 0) is 41.1 Å². The third-order valence-electron chi connectivity index (χ3n) is 7.74. The van der Waals surface area contributed by atoms with Gasteiger partial charge in [0.2, 0.25) is 0 Å². The highest BCUT2D eigenvalue weighted by Crippen LogP contribution is 2.33. The van der Waals surface area contributed by atoms with Crippen molar-refractivity contribution < 1.29 is 0 Å². The van der Waals surface area contributed by atoms with Crippen molar-refractivity contribution in [3.63, 3.8) is 0 Å². The molecule has 0 unspecified atom stereocenters. The lowest BCUT2D eigenvalue weighted by Crippen LogP contribution is -2.00. The molecule has 5 nitrogen and oxygen atoms in total. The van der Waals surface area contributed by atoms with E-state index in [0.717, 1.165) is 60.8 Å². The van der Waals surface area contributed by atoms with Gasteiger partial charge in [-0.2, -0.15) is 0 Å². The van der Waals surface area contributed by atoms with E-state index in [0.29, 0.717) is 17.5 Å². The van der Waals surface area contributed by atoms with Crippen LogP contribution in [0.1, 0.15) is 0 Å². The van der Waals surface area contributed by atoms with Gasteiger partial charge in [-0.15, -0.1) is 0 Å². The molecule has 0 aliphatic carbocycles. The monoisotopic (exact) mass is 563 g/mol. The highest BCUT2D eigenvalue weighted by molar-refractivity contribution is 5.89. The molecule has 0 aliphatic heterocycles. The SMILES string of the molecule is c1ccc(-c2nc(-c3ccccc3)nc(-c3cc(-c4cc5ccccc5cn4)cc(-c4cc5ccccc5cn4)c3)n2)cc1. The molecule has 206 valence electrons. The Hall–Kier alpha value is -6.07. The molecule has 8 aromatic rings. The van der Waals surface area contributed by atoms with Crippen LogP contribution >= 0.6 is 0 Å². The summed E-state index contributed by atoms with van der Waals surface area (Å²) in [6, 6.07) is 47.2. The maximum absolute atomic E-state index is 5.01. The predicted octanol–water partition coefficient (Wildman–Crippen LogP) is 9.30. The molecule has 0 amide bonds. The number of hydrogen-bond donors (Lipinski definition) is 0. The third kappa shape index (κ3) is 4.97. The molecule has 0 saturated heterocycles. The Morgan fingerprint density at radius 2 is 0.659 bits per heavy atom. The lowest BCUT2D eigenvalue weighted by molar-refractivity contribution is 1.07. The molecule has 0 aliphatic rings. The highest BCUT2D eigenvalue weighted by Gasteiger charge is 2.16. The minimum Gasteiger partial charge on any atom is -0.256 e. The van der Waals surface area contributed by atoms with Gasteiger partial charge in [-0.1, -0.05) is 109 Å². The van der Waals surface area contributed by atoms with E-state index in [1.54, 1.807) is 0 Å². The van der Waals surface area contributed by atoms with Crippen molar-refractivity contribution in [1.82, 2.24) is 24.9 Å². The molecule has 5 aromatic carbocycles. The van der Waals surface area contributed by atoms with Gasteiger partial charge in [0.1, 0.15) is 0 Å². The Balaban J connectivity index is 1.36. The van der Waals surface area contributed by atoms with E-state index in [4.69, 9.17) is 24.9 Å². The fourth-order valence-corrected chi connectivity index (χ4v) is 5.47. The average Bonchev–Trinajstić information content (AvgIpc) is 3.11. The lowest BCUT2D eigenvalue weighted by Gasteiger charge is -2.12. The van der Waals surface area contributed by atoms with Gasteiger partial charge in [0, 0.05) is 51.0 Å². The van der Waals surface area contributed by atoms with Crippen molar-refractivity contribution in [2.45, 2.75) is 0 Å². The second-order valence-corrected chi connectivity index (χ2v) is 10.7. The van der Waals surface area contributed by atoms with Crippen LogP contribution in [0.25, 0.3) is 78.2 Å². The molecule has 0 N–H and O–H groups in total. The zero-order chi connectivity index (χ0) is 29.3. The Morgan fingerprint density at radius 1 is 0.295 bits per heavy atom. The lowest BCUT2D eigenvalue weighted by atomic mass is 9.98. The minimum absolute atomic E-state index is 0.586. The summed E-state index contributed by atoms with van der Waals surface area (Å²) in [6.07, 6.45) is 3.85. The van der Waals surface area contributed by atoms with Crippen molar-refractivity contribution in [1.29, 1.82) is 0 Å². The van der Waals surface area contributed by atoms with Crippen molar-refractivity contribution in [3.05, 3.63) is 152 Å². The summed E-state index contributed by atoms with van der Waals surface area (Å²) in [4.78, 5) is 24.6. The van der Waals surface area contributed by atoms with E-state index in [-0.39, 0.29) is 0 Å². The third-order valence-corrected chi connectivity index (χ3v) is 7.74. The molecule has 0 bridgehead atoms. The van der Waals surface area contributed by atoms with Gasteiger partial charge in [-0.25, -0.2) is 15.0 Å². The van der Waals surface area contributed by atoms with Crippen LogP contribution in [-0.4, -0.2) is 24.9 Å². The van der Waals surface area contributed by atoms with Gasteiger partial charge in [-0.3, -0.25) is 9.97 Å². The van der Waals surface area contributed by atoms with Gasteiger partial charge in [0.15, 0.2) is 17.5 Å². The number of hydrogen-bond acceptors (Lipinski definition) is 5. The Morgan fingerprint density at radius 3 is 1.11 bits per heavy atom. The summed E-state index contributed by atoms with van der Waals surface area (Å²) in [6.45, 7) is 0. The fraction of sp³-hybridized carbons (Fsp3) is 0. The topological polar surface area (TPSA) is 64.5 Å². The highest BCUT2D eigenvalue weighted by atomic mass is 15.0. The summed E-state index contributed by atoms with van der Waals surface area (Å²) >= 11 is 0. The van der Waals surface area contributed by atoms with E-state index >= 15 is 0 Å². The maximum atomic E-state index is 5.01. The molecular weight excluding hydrogens is 538 g/mol. The predicted molar refractivity (Wildman–Crippen MR) is 178 cm³/mol. The Kier molecular flexibility index (Phi) is 6.39. The van der Waals surface area contributed by atoms with Gasteiger partial charge < -0.3 is 0 Å². The van der Waals surface area contributed by atoms with Crippen LogP contribution < -0.4 is 0 Å². The molecule has 44 heavy (non-hydrogen) atoms. The number of pyridine rings is 2. The molecule has 0 spiro atoms. The molecular formula is C39H25N5. The second-order valence-electron chi connectivity index (χ2n) is 10.7. The van der Waals surface area contributed by atoms with Crippen LogP contribution in [0.2, 0.25) is 0 Å². The number of fused-ring (bicyclic) bond motifs is 2. The first kappa shape index (κ1) is 25.6. The van der Waals surface area contributed by atoms with Gasteiger partial charge >= 0.3 is 0 Å². The quantitative estimate of drug-likeness (QED) is 0.209. The molecule has 0 radical (unpaired) electrons. The van der Waals surface area contributed by atoms with E-state index in [2.05, 4.69) is 54.6 Å². The van der Waals surface area contributed by atoms with Crippen LogP contribution in [0.4, 0.5) is 0 Å². The van der Waals surface area contributed by atoms with Crippen LogP contribution in [-0.2, 0) is 0 Å². The first-order chi connectivity index (χ1) is 21.8. The number of rotatable bonds is 5. The normalized spacial score (nSPS) is 11.2. The van der Waals surface area contributed by atoms with E-state index < -0.39 is 0 Å². The summed E-state index contributed by atoms with van der Waals surface area (Å²) in [5.41, 5.74) is 6.37. The summed E-state index contributed by atoms with van der Waals surface area (Å²) in [5, 5.41) is 4.46. The number of aromatic nitrogens is 5. The van der Waals surface area contributed by atoms with Crippen molar-refractivity contribution >= 4 is 21.5 Å². The molecule has 3 aromatic heterocycles. The average molecular weight is 564 g/mol. The zero-order valence-corrected chi connectivity index (χ0v) is 23.7. The van der Waals surface area contributed by atoms with E-state index in [1.165, 1.54) is 0 Å². The fourth-order valence-electron chi connectivity index (χ4n) is 5.47. The maximum Gasteiger partial charge on any atom is 0.164 e. The largest absolute Gasteiger partial charge is 0.256 e. The van der Waals surface area contributed by atoms with Crippen molar-refractivity contribution in [3.8, 4) is 56.7 Å². The van der Waals surface area contributed by atoms with Crippen molar-refractivity contribution in [2.24, 2.45) is 0 Å². The standard InChI is InChI=1S/C39H25N5/c1-3-11-26(12-4-1)37-42-38(27-13-5-2-6-14-27)44-39(43-37)34-20-32(35-22-28-15-7-9-17-30(28)24-40-35)19-33(21-34)36-23-29-16-8-10-18-31(29)25-41-36/h1-25H. The molecule has 8 rings (SSSR count). The van der Waals surface area contributed by atoms with Crippen LogP contribution in [0.3, 0.4) is 0 Å². The first-order valence-electron chi connectivity index (χ1n) is 14.5. The van der Waals surface area contributed by atoms with Gasteiger partial charge in [0.25, 0.3) is 0 Å². The van der Waals surface area contributed by atoms with Gasteiger partial charge in [0.05, 0.1) is 11.4 Å². The van der Waals surface area contributed by atoms with E-state index in [9.17, 15) is 0 Å². The molecule has 0 atom stereocenters. The molecule has 3 heterocycles. The summed E-state index contributed by atoms with van der Waals surface area (Å²) < 4.78 is 0. The Labute approximate surface area is 254 Å². The molecule has 0 fully saturated rings. The Bertz CT molecular complexity index is 2130. The number of benzene rings is 5. The molecule has 5 heteroatoms. The minimum atomic E-state index is 0.586. The zero-order valence-electron chi connectivity index (χ0n) is 23.7. The molecule has 0 saturated carbocycles. The van der Waals surface area contributed by atoms with Crippen molar-refractivity contribution in [2.75, 3.05) is 0 Å². The van der Waals surface area contributed by atoms with Crippen LogP contribution in [0.5, 0.6) is 0 Å². The summed E-state index contributed by atoms with van der Waals surface area (Å²) in [5.74, 6) is 1.82.